The lowest BCUT2D eigenvalue weighted by Crippen LogP contribution is -2.31. The quantitative estimate of drug-likeness (QED) is 0.620. The van der Waals surface area contributed by atoms with Gasteiger partial charge in [0.15, 0.2) is 0 Å². The fraction of sp³-hybridized carbons (Fsp3) is 1.00. The maximum absolute atomic E-state index is 10.7. The Morgan fingerprint density at radius 1 is 1.29 bits per heavy atom. The zero-order valence-electron chi connectivity index (χ0n) is 8.10. The highest BCUT2D eigenvalue weighted by Crippen LogP contribution is 2.00. The van der Waals surface area contributed by atoms with E-state index in [9.17, 15) is 16.8 Å². The Bertz CT molecular complexity index is 358. The molecule has 0 aromatic heterocycles. The molecule has 86 valence electrons. The normalized spacial score (nSPS) is 15.4. The topological polar surface area (TPSA) is 101 Å². The smallest absolute Gasteiger partial charge is 0.264 e. The molecule has 0 aromatic carbocycles. The van der Waals surface area contributed by atoms with Crippen LogP contribution in [0.25, 0.3) is 0 Å². The third kappa shape index (κ3) is 9.90. The summed E-state index contributed by atoms with van der Waals surface area (Å²) >= 11 is 0. The highest BCUT2D eigenvalue weighted by Gasteiger charge is 2.10. The number of hydrogen-bond donors (Lipinski definition) is 2. The average molecular weight is 245 g/mol. The zero-order valence-corrected chi connectivity index (χ0v) is 9.73. The molecule has 0 fully saturated rings. The minimum atomic E-state index is -3.94. The third-order valence-corrected chi connectivity index (χ3v) is 3.09. The lowest BCUT2D eigenvalue weighted by atomic mass is 10.2. The van der Waals surface area contributed by atoms with Crippen molar-refractivity contribution in [3.05, 3.63) is 0 Å². The van der Waals surface area contributed by atoms with E-state index in [4.69, 9.17) is 4.55 Å². The highest BCUT2D eigenvalue weighted by atomic mass is 32.2. The minimum absolute atomic E-state index is 0.225. The lowest BCUT2D eigenvalue weighted by Gasteiger charge is -2.10. The molecule has 0 aromatic rings. The summed E-state index contributed by atoms with van der Waals surface area (Å²) in [7, 11) is -7.19. The van der Waals surface area contributed by atoms with Gasteiger partial charge in [0, 0.05) is 6.04 Å². The van der Waals surface area contributed by atoms with Crippen LogP contribution in [0.2, 0.25) is 0 Å². The van der Waals surface area contributed by atoms with Crippen LogP contribution in [0.4, 0.5) is 0 Å². The van der Waals surface area contributed by atoms with Gasteiger partial charge in [0.1, 0.15) is 0 Å². The van der Waals surface area contributed by atoms with E-state index in [0.717, 1.165) is 6.26 Å². The average Bonchev–Trinajstić information content (AvgIpc) is 1.78. The zero-order chi connectivity index (χ0) is 11.4. The standard InChI is InChI=1S/C6H15NO5S2/c1-6(7-13(2,8)9)4-3-5-14(10,11)12/h6-7H,3-5H2,1-2H3,(H,10,11,12)/t6-/m0/s1. The van der Waals surface area contributed by atoms with Gasteiger partial charge in [-0.1, -0.05) is 0 Å². The predicted molar refractivity (Wildman–Crippen MR) is 53.1 cm³/mol. The van der Waals surface area contributed by atoms with Gasteiger partial charge < -0.3 is 0 Å². The summed E-state index contributed by atoms with van der Waals surface area (Å²) in [6.07, 6.45) is 1.63. The Kier molecular flexibility index (Phi) is 4.99. The van der Waals surface area contributed by atoms with Crippen molar-refractivity contribution >= 4 is 20.1 Å². The van der Waals surface area contributed by atoms with Gasteiger partial charge in [-0.2, -0.15) is 8.42 Å². The van der Waals surface area contributed by atoms with Crippen LogP contribution in [0, 0.1) is 0 Å². The second-order valence-electron chi connectivity index (χ2n) is 3.22. The van der Waals surface area contributed by atoms with Gasteiger partial charge in [0.2, 0.25) is 10.0 Å². The Morgan fingerprint density at radius 3 is 2.14 bits per heavy atom. The molecule has 0 saturated carbocycles. The fourth-order valence-electron chi connectivity index (χ4n) is 0.996. The van der Waals surface area contributed by atoms with E-state index in [1.54, 1.807) is 6.92 Å². The Balaban J connectivity index is 3.82. The molecule has 0 rings (SSSR count). The Labute approximate surface area is 84.5 Å². The second kappa shape index (κ2) is 5.06. The van der Waals surface area contributed by atoms with Gasteiger partial charge in [0.05, 0.1) is 12.0 Å². The SMILES string of the molecule is C[C@@H](CCCS(=O)(=O)O)NS(C)(=O)=O. The first kappa shape index (κ1) is 13.8. The van der Waals surface area contributed by atoms with Gasteiger partial charge >= 0.3 is 0 Å². The lowest BCUT2D eigenvalue weighted by molar-refractivity contribution is 0.477. The first-order chi connectivity index (χ1) is 6.10. The molecule has 0 unspecified atom stereocenters. The molecule has 0 aliphatic carbocycles. The molecule has 2 N–H and O–H groups in total. The summed E-state index contributed by atoms with van der Waals surface area (Å²) in [5.74, 6) is -0.344. The molecule has 0 heterocycles. The van der Waals surface area contributed by atoms with Crippen LogP contribution in [0.1, 0.15) is 19.8 Å². The van der Waals surface area contributed by atoms with E-state index >= 15 is 0 Å². The van der Waals surface area contributed by atoms with Crippen LogP contribution < -0.4 is 4.72 Å². The monoisotopic (exact) mass is 245 g/mol. The minimum Gasteiger partial charge on any atom is -0.286 e. The molecular weight excluding hydrogens is 230 g/mol. The maximum atomic E-state index is 10.7. The number of hydrogen-bond acceptors (Lipinski definition) is 4. The van der Waals surface area contributed by atoms with Crippen molar-refractivity contribution < 1.29 is 21.4 Å². The molecule has 0 amide bonds. The number of nitrogens with one attached hydrogen (secondary N) is 1. The summed E-state index contributed by atoms with van der Waals surface area (Å²) in [5.41, 5.74) is 0. The second-order valence-corrected chi connectivity index (χ2v) is 6.57. The first-order valence-electron chi connectivity index (χ1n) is 4.02. The number of rotatable bonds is 6. The molecular formula is C6H15NO5S2. The molecule has 8 heteroatoms. The Hall–Kier alpha value is -0.180. The van der Waals surface area contributed by atoms with E-state index in [2.05, 4.69) is 4.72 Å². The van der Waals surface area contributed by atoms with Gasteiger partial charge in [-0.05, 0) is 19.8 Å². The summed E-state index contributed by atoms with van der Waals surface area (Å²) < 4.78 is 52.8. The van der Waals surface area contributed by atoms with E-state index in [1.807, 2.05) is 0 Å². The largest absolute Gasteiger partial charge is 0.286 e. The maximum Gasteiger partial charge on any atom is 0.264 e. The number of sulfonamides is 1. The fourth-order valence-corrected chi connectivity index (χ4v) is 2.38. The van der Waals surface area contributed by atoms with E-state index in [0.29, 0.717) is 6.42 Å². The van der Waals surface area contributed by atoms with Gasteiger partial charge in [0.25, 0.3) is 10.1 Å². The summed E-state index contributed by atoms with van der Waals surface area (Å²) in [6, 6.07) is -0.327. The molecule has 0 saturated heterocycles. The van der Waals surface area contributed by atoms with E-state index in [1.165, 1.54) is 0 Å². The highest BCUT2D eigenvalue weighted by molar-refractivity contribution is 7.88. The van der Waals surface area contributed by atoms with Crippen molar-refractivity contribution in [1.29, 1.82) is 0 Å². The third-order valence-electron chi connectivity index (χ3n) is 1.45. The van der Waals surface area contributed by atoms with Crippen molar-refractivity contribution in [1.82, 2.24) is 4.72 Å². The Morgan fingerprint density at radius 2 is 1.79 bits per heavy atom. The molecule has 1 atom stereocenters. The van der Waals surface area contributed by atoms with Gasteiger partial charge in [-0.3, -0.25) is 4.55 Å². The molecule has 0 aliphatic rings. The van der Waals surface area contributed by atoms with E-state index in [-0.39, 0.29) is 18.2 Å². The molecule has 0 spiro atoms. The van der Waals surface area contributed by atoms with Crippen LogP contribution in [-0.2, 0) is 20.1 Å². The van der Waals surface area contributed by atoms with Gasteiger partial charge in [-0.15, -0.1) is 0 Å². The molecule has 0 aliphatic heterocycles. The summed E-state index contributed by atoms with van der Waals surface area (Å²) in [6.45, 7) is 1.63. The molecule has 0 bridgehead atoms. The van der Waals surface area contributed by atoms with Crippen LogP contribution in [-0.4, -0.2) is 39.4 Å². The van der Waals surface area contributed by atoms with Crippen LogP contribution in [0.15, 0.2) is 0 Å². The predicted octanol–water partition coefficient (Wildman–Crippen LogP) is -0.408. The van der Waals surface area contributed by atoms with Crippen molar-refractivity contribution in [2.24, 2.45) is 0 Å². The van der Waals surface area contributed by atoms with Crippen molar-refractivity contribution in [2.75, 3.05) is 12.0 Å². The van der Waals surface area contributed by atoms with Crippen LogP contribution >= 0.6 is 0 Å². The van der Waals surface area contributed by atoms with Crippen molar-refractivity contribution in [3.8, 4) is 0 Å². The molecule has 0 radical (unpaired) electrons. The van der Waals surface area contributed by atoms with Crippen molar-refractivity contribution in [3.63, 3.8) is 0 Å². The van der Waals surface area contributed by atoms with Crippen LogP contribution in [0.5, 0.6) is 0 Å². The summed E-state index contributed by atoms with van der Waals surface area (Å²) in [4.78, 5) is 0. The van der Waals surface area contributed by atoms with Gasteiger partial charge in [-0.25, -0.2) is 13.1 Å². The summed E-state index contributed by atoms with van der Waals surface area (Å²) in [5, 5.41) is 0. The first-order valence-corrected chi connectivity index (χ1v) is 7.53. The molecule has 6 nitrogen and oxygen atoms in total. The molecule has 14 heavy (non-hydrogen) atoms. The van der Waals surface area contributed by atoms with E-state index < -0.39 is 20.1 Å². The van der Waals surface area contributed by atoms with Crippen LogP contribution in [0.3, 0.4) is 0 Å². The van der Waals surface area contributed by atoms with Crippen molar-refractivity contribution in [2.45, 2.75) is 25.8 Å².